The molecule has 0 aliphatic rings. The first-order chi connectivity index (χ1) is 11.1. The first kappa shape index (κ1) is 16.9. The molecule has 0 fully saturated rings. The van der Waals surface area contributed by atoms with Gasteiger partial charge in [-0.05, 0) is 30.0 Å². The summed E-state index contributed by atoms with van der Waals surface area (Å²) < 4.78 is 0. The van der Waals surface area contributed by atoms with Gasteiger partial charge in [0.15, 0.2) is 5.78 Å². The molecule has 120 valence electrons. The van der Waals surface area contributed by atoms with Gasteiger partial charge in [0, 0.05) is 24.1 Å². The molecule has 0 bridgehead atoms. The number of hydrogen-bond donors (Lipinski definition) is 1. The number of para-hydroxylation sites is 1. The monoisotopic (exact) mass is 309 g/mol. The quantitative estimate of drug-likeness (QED) is 0.770. The number of anilines is 1. The van der Waals surface area contributed by atoms with E-state index in [-0.39, 0.29) is 24.5 Å². The zero-order valence-electron chi connectivity index (χ0n) is 13.8. The SMILES string of the molecule is CCc1ccc(C(=O)CCC(=O)Nc2ccccc2CC)cc1. The van der Waals surface area contributed by atoms with Gasteiger partial charge in [-0.1, -0.05) is 56.3 Å². The Labute approximate surface area is 137 Å². The van der Waals surface area contributed by atoms with E-state index in [1.807, 2.05) is 48.5 Å². The predicted molar refractivity (Wildman–Crippen MR) is 93.8 cm³/mol. The zero-order chi connectivity index (χ0) is 16.7. The molecule has 0 aliphatic heterocycles. The summed E-state index contributed by atoms with van der Waals surface area (Å²) in [7, 11) is 0. The molecule has 0 aliphatic carbocycles. The van der Waals surface area contributed by atoms with E-state index in [2.05, 4.69) is 19.2 Å². The number of aryl methyl sites for hydroxylation is 2. The lowest BCUT2D eigenvalue weighted by Gasteiger charge is -2.09. The average Bonchev–Trinajstić information content (AvgIpc) is 2.60. The van der Waals surface area contributed by atoms with E-state index >= 15 is 0 Å². The maximum atomic E-state index is 12.1. The van der Waals surface area contributed by atoms with Gasteiger partial charge in [-0.2, -0.15) is 0 Å². The molecule has 0 aromatic heterocycles. The van der Waals surface area contributed by atoms with Crippen LogP contribution in [-0.4, -0.2) is 11.7 Å². The average molecular weight is 309 g/mol. The van der Waals surface area contributed by atoms with E-state index in [4.69, 9.17) is 0 Å². The zero-order valence-corrected chi connectivity index (χ0v) is 13.8. The lowest BCUT2D eigenvalue weighted by molar-refractivity contribution is -0.116. The topological polar surface area (TPSA) is 46.2 Å². The summed E-state index contributed by atoms with van der Waals surface area (Å²) in [4.78, 5) is 24.2. The lowest BCUT2D eigenvalue weighted by Crippen LogP contribution is -2.14. The summed E-state index contributed by atoms with van der Waals surface area (Å²) in [6.07, 6.45) is 2.24. The molecule has 0 atom stereocenters. The number of hydrogen-bond acceptors (Lipinski definition) is 2. The number of Topliss-reactive ketones (excluding diaryl/α,β-unsaturated/α-hetero) is 1. The van der Waals surface area contributed by atoms with Crippen LogP contribution in [0.5, 0.6) is 0 Å². The van der Waals surface area contributed by atoms with Gasteiger partial charge in [-0.3, -0.25) is 9.59 Å². The van der Waals surface area contributed by atoms with Gasteiger partial charge in [-0.15, -0.1) is 0 Å². The van der Waals surface area contributed by atoms with E-state index in [1.165, 1.54) is 5.56 Å². The summed E-state index contributed by atoms with van der Waals surface area (Å²) in [6, 6.07) is 15.3. The largest absolute Gasteiger partial charge is 0.326 e. The molecule has 3 nitrogen and oxygen atoms in total. The summed E-state index contributed by atoms with van der Waals surface area (Å²) in [5.74, 6) is -0.115. The third-order valence-electron chi connectivity index (χ3n) is 3.94. The second kappa shape index (κ2) is 8.28. The first-order valence-electron chi connectivity index (χ1n) is 8.14. The van der Waals surface area contributed by atoms with Crippen molar-refractivity contribution in [2.45, 2.75) is 39.5 Å². The Balaban J connectivity index is 1.89. The number of carbonyl (C=O) groups excluding carboxylic acids is 2. The minimum absolute atomic E-state index is 0.00609. The minimum Gasteiger partial charge on any atom is -0.326 e. The number of ketones is 1. The van der Waals surface area contributed by atoms with Crippen LogP contribution in [0.25, 0.3) is 0 Å². The van der Waals surface area contributed by atoms with Gasteiger partial charge in [-0.25, -0.2) is 0 Å². The molecular formula is C20H23NO2. The highest BCUT2D eigenvalue weighted by Gasteiger charge is 2.10. The van der Waals surface area contributed by atoms with Crippen molar-refractivity contribution < 1.29 is 9.59 Å². The summed E-state index contributed by atoms with van der Waals surface area (Å²) in [5, 5.41) is 2.90. The molecule has 0 heterocycles. The van der Waals surface area contributed by atoms with Gasteiger partial charge >= 0.3 is 0 Å². The van der Waals surface area contributed by atoms with Crippen molar-refractivity contribution >= 4 is 17.4 Å². The van der Waals surface area contributed by atoms with Crippen LogP contribution in [0.2, 0.25) is 0 Å². The molecule has 1 amide bonds. The molecule has 2 aromatic rings. The van der Waals surface area contributed by atoms with Crippen molar-refractivity contribution in [1.82, 2.24) is 0 Å². The molecule has 2 aromatic carbocycles. The van der Waals surface area contributed by atoms with Crippen LogP contribution >= 0.6 is 0 Å². The van der Waals surface area contributed by atoms with Gasteiger partial charge in [0.1, 0.15) is 0 Å². The van der Waals surface area contributed by atoms with Crippen LogP contribution in [0.4, 0.5) is 5.69 Å². The van der Waals surface area contributed by atoms with Crippen molar-refractivity contribution in [1.29, 1.82) is 0 Å². The molecule has 1 N–H and O–H groups in total. The van der Waals surface area contributed by atoms with Gasteiger partial charge in [0.05, 0.1) is 0 Å². The second-order valence-corrected chi connectivity index (χ2v) is 5.53. The number of rotatable bonds is 7. The van der Waals surface area contributed by atoms with Crippen molar-refractivity contribution in [2.24, 2.45) is 0 Å². The molecule has 0 unspecified atom stereocenters. The van der Waals surface area contributed by atoms with E-state index in [9.17, 15) is 9.59 Å². The van der Waals surface area contributed by atoms with Crippen LogP contribution in [0.3, 0.4) is 0 Å². The van der Waals surface area contributed by atoms with Crippen molar-refractivity contribution in [3.63, 3.8) is 0 Å². The standard InChI is InChI=1S/C20H23NO2/c1-3-15-9-11-17(12-10-15)19(22)13-14-20(23)21-18-8-6-5-7-16(18)4-2/h5-12H,3-4,13-14H2,1-2H3,(H,21,23). The molecule has 3 heteroatoms. The summed E-state index contributed by atoms with van der Waals surface area (Å²) >= 11 is 0. The normalized spacial score (nSPS) is 10.3. The van der Waals surface area contributed by atoms with Gasteiger partial charge in [0.25, 0.3) is 0 Å². The van der Waals surface area contributed by atoms with Crippen LogP contribution < -0.4 is 5.32 Å². The Bertz CT molecular complexity index is 674. The van der Waals surface area contributed by atoms with E-state index in [0.29, 0.717) is 5.56 Å². The molecule has 0 spiro atoms. The van der Waals surface area contributed by atoms with Gasteiger partial charge < -0.3 is 5.32 Å². The maximum Gasteiger partial charge on any atom is 0.224 e. The fourth-order valence-corrected chi connectivity index (χ4v) is 2.46. The smallest absolute Gasteiger partial charge is 0.224 e. The Hall–Kier alpha value is -2.42. The molecule has 0 saturated heterocycles. The highest BCUT2D eigenvalue weighted by molar-refractivity contribution is 6.00. The second-order valence-electron chi connectivity index (χ2n) is 5.53. The fourth-order valence-electron chi connectivity index (χ4n) is 2.46. The Morgan fingerprint density at radius 1 is 0.870 bits per heavy atom. The minimum atomic E-state index is -0.121. The summed E-state index contributed by atoms with van der Waals surface area (Å²) in [5.41, 5.74) is 3.81. The van der Waals surface area contributed by atoms with E-state index in [0.717, 1.165) is 24.1 Å². The van der Waals surface area contributed by atoms with Crippen LogP contribution in [0.1, 0.15) is 48.2 Å². The Kier molecular flexibility index (Phi) is 6.10. The summed E-state index contributed by atoms with van der Waals surface area (Å²) in [6.45, 7) is 4.13. The fraction of sp³-hybridized carbons (Fsp3) is 0.300. The predicted octanol–water partition coefficient (Wildman–Crippen LogP) is 4.41. The number of carbonyl (C=O) groups is 2. The van der Waals surface area contributed by atoms with Crippen LogP contribution in [0, 0.1) is 0 Å². The molecule has 0 saturated carbocycles. The van der Waals surface area contributed by atoms with E-state index < -0.39 is 0 Å². The highest BCUT2D eigenvalue weighted by Crippen LogP contribution is 2.16. The maximum absolute atomic E-state index is 12.1. The van der Waals surface area contributed by atoms with Crippen molar-refractivity contribution in [3.8, 4) is 0 Å². The highest BCUT2D eigenvalue weighted by atomic mass is 16.2. The first-order valence-corrected chi connectivity index (χ1v) is 8.14. The van der Waals surface area contributed by atoms with Crippen LogP contribution in [-0.2, 0) is 17.6 Å². The Morgan fingerprint density at radius 2 is 1.57 bits per heavy atom. The number of benzene rings is 2. The molecule has 0 radical (unpaired) electrons. The molecule has 2 rings (SSSR count). The van der Waals surface area contributed by atoms with Crippen molar-refractivity contribution in [2.75, 3.05) is 5.32 Å². The third-order valence-corrected chi connectivity index (χ3v) is 3.94. The van der Waals surface area contributed by atoms with Gasteiger partial charge in [0.2, 0.25) is 5.91 Å². The molecule has 23 heavy (non-hydrogen) atoms. The number of nitrogens with one attached hydrogen (secondary N) is 1. The lowest BCUT2D eigenvalue weighted by atomic mass is 10.0. The number of amides is 1. The van der Waals surface area contributed by atoms with Crippen molar-refractivity contribution in [3.05, 3.63) is 65.2 Å². The Morgan fingerprint density at radius 3 is 2.22 bits per heavy atom. The molecular weight excluding hydrogens is 286 g/mol. The third kappa shape index (κ3) is 4.78. The van der Waals surface area contributed by atoms with E-state index in [1.54, 1.807) is 0 Å². The van der Waals surface area contributed by atoms with Crippen LogP contribution in [0.15, 0.2) is 48.5 Å².